The van der Waals surface area contributed by atoms with Crippen LogP contribution in [0, 0.1) is 0 Å². The van der Waals surface area contributed by atoms with E-state index in [-0.39, 0.29) is 34.3 Å². The van der Waals surface area contributed by atoms with Gasteiger partial charge in [0.25, 0.3) is 5.91 Å². The van der Waals surface area contributed by atoms with Gasteiger partial charge in [0.2, 0.25) is 0 Å². The summed E-state index contributed by atoms with van der Waals surface area (Å²) in [6.07, 6.45) is -0.766. The number of esters is 1. The number of amides is 1. The second kappa shape index (κ2) is 9.85. The Morgan fingerprint density at radius 1 is 1.13 bits per heavy atom. The van der Waals surface area contributed by atoms with Crippen molar-refractivity contribution in [2.45, 2.75) is 46.1 Å². The van der Waals surface area contributed by atoms with Crippen LogP contribution in [0.4, 0.5) is 5.69 Å². The Hall–Kier alpha value is -2.73. The van der Waals surface area contributed by atoms with Crippen molar-refractivity contribution in [3.05, 3.63) is 52.5 Å². The summed E-state index contributed by atoms with van der Waals surface area (Å²) in [4.78, 5) is 24.6. The molecule has 1 atom stereocenters. The van der Waals surface area contributed by atoms with Gasteiger partial charge in [-0.15, -0.1) is 0 Å². The molecule has 0 aliphatic heterocycles. The molecular formula is C23H28ClNO5. The summed E-state index contributed by atoms with van der Waals surface area (Å²) in [5.41, 5.74) is 1.70. The molecule has 6 nitrogen and oxygen atoms in total. The van der Waals surface area contributed by atoms with E-state index in [2.05, 4.69) is 26.1 Å². The van der Waals surface area contributed by atoms with Gasteiger partial charge in [-0.2, -0.15) is 0 Å². The van der Waals surface area contributed by atoms with E-state index in [0.717, 1.165) is 0 Å². The van der Waals surface area contributed by atoms with E-state index in [0.29, 0.717) is 11.4 Å². The molecule has 162 valence electrons. The van der Waals surface area contributed by atoms with Gasteiger partial charge in [0.15, 0.2) is 6.10 Å². The zero-order valence-electron chi connectivity index (χ0n) is 18.2. The molecule has 0 aliphatic carbocycles. The molecular weight excluding hydrogens is 406 g/mol. The fourth-order valence-corrected chi connectivity index (χ4v) is 2.92. The van der Waals surface area contributed by atoms with E-state index >= 15 is 0 Å². The molecule has 1 unspecified atom stereocenters. The lowest BCUT2D eigenvalue weighted by molar-refractivity contribution is -0.122. The molecule has 0 bridgehead atoms. The molecule has 1 amide bonds. The van der Waals surface area contributed by atoms with Crippen LogP contribution >= 0.6 is 11.6 Å². The number of methoxy groups -OCH3 is 1. The Kier molecular flexibility index (Phi) is 7.73. The third-order valence-electron chi connectivity index (χ3n) is 4.44. The van der Waals surface area contributed by atoms with Gasteiger partial charge in [-0.3, -0.25) is 4.79 Å². The predicted molar refractivity (Wildman–Crippen MR) is 118 cm³/mol. The van der Waals surface area contributed by atoms with Crippen molar-refractivity contribution >= 4 is 29.2 Å². The maximum Gasteiger partial charge on any atom is 0.341 e. The summed E-state index contributed by atoms with van der Waals surface area (Å²) in [5.74, 6) is -0.0984. The Morgan fingerprint density at radius 3 is 2.30 bits per heavy atom. The second-order valence-electron chi connectivity index (χ2n) is 7.78. The van der Waals surface area contributed by atoms with Gasteiger partial charge in [-0.05, 0) is 43.0 Å². The summed E-state index contributed by atoms with van der Waals surface area (Å²) in [7, 11) is 1.42. The maximum absolute atomic E-state index is 12.6. The van der Waals surface area contributed by atoms with Crippen molar-refractivity contribution in [3.63, 3.8) is 0 Å². The topological polar surface area (TPSA) is 73.9 Å². The standard InChI is InChI=1S/C23H28ClNO5/c1-7-29-22(27)17-12-18(24)19(13-20(17)28-6)25-21(26)14(2)30-16-10-8-15(9-11-16)23(3,4)5/h8-14H,7H2,1-6H3,(H,25,26). The quantitative estimate of drug-likeness (QED) is 0.605. The highest BCUT2D eigenvalue weighted by molar-refractivity contribution is 6.34. The predicted octanol–water partition coefficient (Wildman–Crippen LogP) is 5.23. The highest BCUT2D eigenvalue weighted by Gasteiger charge is 2.21. The summed E-state index contributed by atoms with van der Waals surface area (Å²) in [5, 5.41) is 2.90. The zero-order valence-corrected chi connectivity index (χ0v) is 18.9. The lowest BCUT2D eigenvalue weighted by Crippen LogP contribution is -2.30. The first-order chi connectivity index (χ1) is 14.1. The summed E-state index contributed by atoms with van der Waals surface area (Å²) >= 11 is 6.25. The molecule has 0 aromatic heterocycles. The Morgan fingerprint density at radius 2 is 1.77 bits per heavy atom. The first-order valence-electron chi connectivity index (χ1n) is 9.69. The first kappa shape index (κ1) is 23.5. The average Bonchev–Trinajstić information content (AvgIpc) is 2.69. The SMILES string of the molecule is CCOC(=O)c1cc(Cl)c(NC(=O)C(C)Oc2ccc(C(C)(C)C)cc2)cc1OC. The van der Waals surface area contributed by atoms with Crippen LogP contribution in [0.2, 0.25) is 5.02 Å². The molecule has 0 saturated carbocycles. The molecule has 2 aromatic carbocycles. The Balaban J connectivity index is 2.12. The number of hydrogen-bond acceptors (Lipinski definition) is 5. The van der Waals surface area contributed by atoms with E-state index in [1.54, 1.807) is 13.8 Å². The van der Waals surface area contributed by atoms with Gasteiger partial charge in [0, 0.05) is 6.07 Å². The monoisotopic (exact) mass is 433 g/mol. The number of hydrogen-bond donors (Lipinski definition) is 1. The van der Waals surface area contributed by atoms with Gasteiger partial charge in [-0.1, -0.05) is 44.5 Å². The average molecular weight is 434 g/mol. The van der Waals surface area contributed by atoms with Crippen molar-refractivity contribution in [1.82, 2.24) is 0 Å². The lowest BCUT2D eigenvalue weighted by atomic mass is 9.87. The molecule has 0 saturated heterocycles. The van der Waals surface area contributed by atoms with Crippen molar-refractivity contribution in [2.24, 2.45) is 0 Å². The minimum absolute atomic E-state index is 0.0348. The van der Waals surface area contributed by atoms with Crippen LogP contribution in [0.25, 0.3) is 0 Å². The van der Waals surface area contributed by atoms with E-state index in [4.69, 9.17) is 25.8 Å². The van der Waals surface area contributed by atoms with Gasteiger partial charge in [0.1, 0.15) is 17.1 Å². The van der Waals surface area contributed by atoms with Gasteiger partial charge < -0.3 is 19.5 Å². The number of halogens is 1. The molecule has 0 aliphatic rings. The summed E-state index contributed by atoms with van der Waals surface area (Å²) in [6.45, 7) is 9.96. The summed E-state index contributed by atoms with van der Waals surface area (Å²) < 4.78 is 16.0. The Labute approximate surface area is 182 Å². The lowest BCUT2D eigenvalue weighted by Gasteiger charge is -2.20. The normalized spacial score (nSPS) is 12.1. The molecule has 0 radical (unpaired) electrons. The van der Waals surface area contributed by atoms with Gasteiger partial charge in [0.05, 0.1) is 24.4 Å². The van der Waals surface area contributed by atoms with Crippen LogP contribution < -0.4 is 14.8 Å². The number of anilines is 1. The first-order valence-corrected chi connectivity index (χ1v) is 10.1. The molecule has 0 fully saturated rings. The Bertz CT molecular complexity index is 903. The van der Waals surface area contributed by atoms with E-state index in [1.807, 2.05) is 24.3 Å². The van der Waals surface area contributed by atoms with Crippen LogP contribution in [0.5, 0.6) is 11.5 Å². The minimum Gasteiger partial charge on any atom is -0.496 e. The van der Waals surface area contributed by atoms with E-state index < -0.39 is 12.1 Å². The molecule has 1 N–H and O–H groups in total. The molecule has 0 spiro atoms. The van der Waals surface area contributed by atoms with Gasteiger partial charge in [-0.25, -0.2) is 4.79 Å². The van der Waals surface area contributed by atoms with Crippen molar-refractivity contribution in [2.75, 3.05) is 19.0 Å². The van der Waals surface area contributed by atoms with Crippen LogP contribution in [0.3, 0.4) is 0 Å². The van der Waals surface area contributed by atoms with E-state index in [1.165, 1.54) is 24.8 Å². The van der Waals surface area contributed by atoms with E-state index in [9.17, 15) is 9.59 Å². The van der Waals surface area contributed by atoms with Crippen LogP contribution in [0.15, 0.2) is 36.4 Å². The van der Waals surface area contributed by atoms with Crippen LogP contribution in [0.1, 0.15) is 50.5 Å². The van der Waals surface area contributed by atoms with Crippen LogP contribution in [-0.2, 0) is 14.9 Å². The third kappa shape index (κ3) is 5.89. The fourth-order valence-electron chi connectivity index (χ4n) is 2.71. The highest BCUT2D eigenvalue weighted by Crippen LogP contribution is 2.32. The number of rotatable bonds is 7. The van der Waals surface area contributed by atoms with Gasteiger partial charge >= 0.3 is 5.97 Å². The molecule has 0 heterocycles. The summed E-state index contributed by atoms with van der Waals surface area (Å²) in [6, 6.07) is 10.5. The second-order valence-corrected chi connectivity index (χ2v) is 8.18. The molecule has 2 aromatic rings. The fraction of sp³-hybridized carbons (Fsp3) is 0.391. The van der Waals surface area contributed by atoms with Crippen molar-refractivity contribution < 1.29 is 23.8 Å². The molecule has 7 heteroatoms. The largest absolute Gasteiger partial charge is 0.496 e. The number of nitrogens with one attached hydrogen (secondary N) is 1. The number of ether oxygens (including phenoxy) is 3. The number of carbonyl (C=O) groups is 2. The minimum atomic E-state index is -0.766. The molecule has 30 heavy (non-hydrogen) atoms. The molecule has 2 rings (SSSR count). The highest BCUT2D eigenvalue weighted by atomic mass is 35.5. The maximum atomic E-state index is 12.6. The van der Waals surface area contributed by atoms with Crippen molar-refractivity contribution in [3.8, 4) is 11.5 Å². The van der Waals surface area contributed by atoms with Crippen LogP contribution in [-0.4, -0.2) is 31.7 Å². The zero-order chi connectivity index (χ0) is 22.5. The number of carbonyl (C=O) groups excluding carboxylic acids is 2. The number of benzene rings is 2. The smallest absolute Gasteiger partial charge is 0.341 e. The van der Waals surface area contributed by atoms with Crippen molar-refractivity contribution in [1.29, 1.82) is 0 Å². The third-order valence-corrected chi connectivity index (χ3v) is 4.76.